The summed E-state index contributed by atoms with van der Waals surface area (Å²) in [4.78, 5) is 7.99. The molecule has 0 aromatic heterocycles. The van der Waals surface area contributed by atoms with Gasteiger partial charge in [0.25, 0.3) is 0 Å². The van der Waals surface area contributed by atoms with Gasteiger partial charge in [-0.25, -0.2) is 9.98 Å². The van der Waals surface area contributed by atoms with Crippen LogP contribution in [-0.4, -0.2) is 60.1 Å². The van der Waals surface area contributed by atoms with E-state index in [0.717, 1.165) is 0 Å². The molecule has 6 nitrogen and oxygen atoms in total. The largest absolute Gasteiger partial charge is 0.356 e. The molecule has 0 bridgehead atoms. The Kier molecular flexibility index (Phi) is 11.2. The standard InChI is InChI=1S/C11H22N2O4/c1-14-10(15-2)5-7-12-9-13-8-6-11(16-3)17-4/h10-11H,5-8H2,1-4H3. The summed E-state index contributed by atoms with van der Waals surface area (Å²) in [6.07, 6.45) is 0.946. The van der Waals surface area contributed by atoms with Gasteiger partial charge in [-0.15, -0.1) is 0 Å². The van der Waals surface area contributed by atoms with Gasteiger partial charge in [0.1, 0.15) is 0 Å². The molecule has 0 aliphatic carbocycles. The molecule has 0 rings (SSSR count). The maximum atomic E-state index is 5.01. The minimum Gasteiger partial charge on any atom is -0.356 e. The van der Waals surface area contributed by atoms with Gasteiger partial charge in [0.2, 0.25) is 0 Å². The molecular formula is C11H22N2O4. The second-order valence-electron chi connectivity index (χ2n) is 3.24. The average Bonchev–Trinajstić information content (AvgIpc) is 2.37. The van der Waals surface area contributed by atoms with Crippen LogP contribution in [0.3, 0.4) is 0 Å². The molecule has 0 saturated carbocycles. The fourth-order valence-corrected chi connectivity index (χ4v) is 1.15. The molecule has 0 amide bonds. The van der Waals surface area contributed by atoms with Crippen LogP contribution in [0.15, 0.2) is 9.98 Å². The zero-order chi connectivity index (χ0) is 12.9. The van der Waals surface area contributed by atoms with Crippen molar-refractivity contribution in [2.45, 2.75) is 25.4 Å². The molecular weight excluding hydrogens is 224 g/mol. The summed E-state index contributed by atoms with van der Waals surface area (Å²) >= 11 is 0. The molecule has 0 aromatic rings. The maximum absolute atomic E-state index is 5.01. The van der Waals surface area contributed by atoms with Crippen LogP contribution < -0.4 is 0 Å². The smallest absolute Gasteiger partial charge is 0.158 e. The molecule has 0 fully saturated rings. The van der Waals surface area contributed by atoms with Crippen molar-refractivity contribution in [2.75, 3.05) is 41.5 Å². The zero-order valence-electron chi connectivity index (χ0n) is 11.0. The molecule has 0 heterocycles. The van der Waals surface area contributed by atoms with Crippen molar-refractivity contribution in [2.24, 2.45) is 9.98 Å². The van der Waals surface area contributed by atoms with E-state index in [4.69, 9.17) is 18.9 Å². The van der Waals surface area contributed by atoms with E-state index in [-0.39, 0.29) is 12.6 Å². The lowest BCUT2D eigenvalue weighted by Crippen LogP contribution is -2.14. The lowest BCUT2D eigenvalue weighted by molar-refractivity contribution is -0.104. The zero-order valence-corrected chi connectivity index (χ0v) is 11.0. The fourth-order valence-electron chi connectivity index (χ4n) is 1.15. The van der Waals surface area contributed by atoms with Gasteiger partial charge in [0.05, 0.1) is 19.1 Å². The molecule has 0 radical (unpaired) electrons. The van der Waals surface area contributed by atoms with E-state index in [1.54, 1.807) is 28.4 Å². The van der Waals surface area contributed by atoms with Crippen LogP contribution in [0, 0.1) is 0 Å². The summed E-state index contributed by atoms with van der Waals surface area (Å²) in [6, 6.07) is 2.62. The highest BCUT2D eigenvalue weighted by molar-refractivity contribution is 5.40. The lowest BCUT2D eigenvalue weighted by atomic mass is 10.4. The van der Waals surface area contributed by atoms with Crippen molar-refractivity contribution in [3.05, 3.63) is 0 Å². The van der Waals surface area contributed by atoms with Crippen LogP contribution in [0.2, 0.25) is 0 Å². The van der Waals surface area contributed by atoms with E-state index in [2.05, 4.69) is 16.0 Å². The third-order valence-corrected chi connectivity index (χ3v) is 2.15. The molecule has 17 heavy (non-hydrogen) atoms. The van der Waals surface area contributed by atoms with Crippen LogP contribution in [0.1, 0.15) is 12.8 Å². The second kappa shape index (κ2) is 11.7. The van der Waals surface area contributed by atoms with Crippen LogP contribution in [0.4, 0.5) is 0 Å². The summed E-state index contributed by atoms with van der Waals surface area (Å²) in [5.74, 6) is 0. The van der Waals surface area contributed by atoms with Crippen molar-refractivity contribution in [3.63, 3.8) is 0 Å². The first kappa shape index (κ1) is 16.2. The Labute approximate surface area is 103 Å². The highest BCUT2D eigenvalue weighted by Crippen LogP contribution is 1.98. The van der Waals surface area contributed by atoms with Gasteiger partial charge in [-0.05, 0) is 0 Å². The number of rotatable bonds is 10. The molecule has 0 N–H and O–H groups in total. The van der Waals surface area contributed by atoms with Crippen molar-refractivity contribution in [1.29, 1.82) is 0 Å². The number of hydrogen-bond donors (Lipinski definition) is 0. The topological polar surface area (TPSA) is 61.6 Å². The summed E-state index contributed by atoms with van der Waals surface area (Å²) in [6.45, 7) is 1.15. The third kappa shape index (κ3) is 8.97. The Morgan fingerprint density at radius 1 is 0.765 bits per heavy atom. The van der Waals surface area contributed by atoms with Crippen LogP contribution in [-0.2, 0) is 18.9 Å². The molecule has 0 saturated heterocycles. The Morgan fingerprint density at radius 3 is 1.41 bits per heavy atom. The Hall–Kier alpha value is -0.780. The van der Waals surface area contributed by atoms with E-state index in [1.807, 2.05) is 0 Å². The van der Waals surface area contributed by atoms with E-state index in [9.17, 15) is 0 Å². The molecule has 6 heteroatoms. The predicted molar refractivity (Wildman–Crippen MR) is 64.4 cm³/mol. The van der Waals surface area contributed by atoms with E-state index >= 15 is 0 Å². The molecule has 0 aliphatic heterocycles. The molecule has 0 aromatic carbocycles. The number of aliphatic imine (C=N–C) groups is 2. The molecule has 0 spiro atoms. The Morgan fingerprint density at radius 2 is 1.12 bits per heavy atom. The van der Waals surface area contributed by atoms with Crippen molar-refractivity contribution in [3.8, 4) is 0 Å². The monoisotopic (exact) mass is 246 g/mol. The quantitative estimate of drug-likeness (QED) is 0.429. The van der Waals surface area contributed by atoms with Crippen LogP contribution in [0.5, 0.6) is 0 Å². The minimum atomic E-state index is -0.216. The highest BCUT2D eigenvalue weighted by Gasteiger charge is 2.03. The van der Waals surface area contributed by atoms with Gasteiger partial charge >= 0.3 is 0 Å². The van der Waals surface area contributed by atoms with Crippen LogP contribution >= 0.6 is 0 Å². The van der Waals surface area contributed by atoms with Gasteiger partial charge in [0, 0.05) is 41.3 Å². The first-order valence-electron chi connectivity index (χ1n) is 5.47. The Bertz CT molecular complexity index is 202. The van der Waals surface area contributed by atoms with E-state index in [1.165, 1.54) is 0 Å². The lowest BCUT2D eigenvalue weighted by Gasteiger charge is -2.10. The van der Waals surface area contributed by atoms with Crippen molar-refractivity contribution in [1.82, 2.24) is 0 Å². The maximum Gasteiger partial charge on any atom is 0.158 e. The summed E-state index contributed by atoms with van der Waals surface area (Å²) in [5, 5.41) is 0. The molecule has 0 atom stereocenters. The van der Waals surface area contributed by atoms with Gasteiger partial charge in [-0.3, -0.25) is 0 Å². The number of methoxy groups -OCH3 is 4. The van der Waals surface area contributed by atoms with Crippen molar-refractivity contribution >= 4 is 6.01 Å². The van der Waals surface area contributed by atoms with Gasteiger partial charge in [0.15, 0.2) is 12.6 Å². The SMILES string of the molecule is COC(CCN=C=NCCC(OC)OC)OC. The number of nitrogens with zero attached hydrogens (tertiary/aromatic N) is 2. The number of ether oxygens (including phenoxy) is 4. The molecule has 100 valence electrons. The fraction of sp³-hybridized carbons (Fsp3) is 0.909. The summed E-state index contributed by atoms with van der Waals surface area (Å²) in [5.41, 5.74) is 0. The Balaban J connectivity index is 3.63. The number of hydrogen-bond acceptors (Lipinski definition) is 6. The first-order valence-corrected chi connectivity index (χ1v) is 5.47. The van der Waals surface area contributed by atoms with Crippen molar-refractivity contribution < 1.29 is 18.9 Å². The molecule has 0 unspecified atom stereocenters. The summed E-state index contributed by atoms with van der Waals surface area (Å²) in [7, 11) is 6.40. The summed E-state index contributed by atoms with van der Waals surface area (Å²) < 4.78 is 20.1. The van der Waals surface area contributed by atoms with Gasteiger partial charge in [-0.2, -0.15) is 0 Å². The van der Waals surface area contributed by atoms with E-state index < -0.39 is 0 Å². The predicted octanol–water partition coefficient (Wildman–Crippen LogP) is 1.18. The van der Waals surface area contributed by atoms with Gasteiger partial charge < -0.3 is 18.9 Å². The highest BCUT2D eigenvalue weighted by atomic mass is 16.7. The third-order valence-electron chi connectivity index (χ3n) is 2.15. The minimum absolute atomic E-state index is 0.216. The van der Waals surface area contributed by atoms with Gasteiger partial charge in [-0.1, -0.05) is 0 Å². The van der Waals surface area contributed by atoms with E-state index in [0.29, 0.717) is 25.9 Å². The molecule has 0 aliphatic rings. The second-order valence-corrected chi connectivity index (χ2v) is 3.24. The van der Waals surface area contributed by atoms with Crippen LogP contribution in [0.25, 0.3) is 0 Å². The first-order chi connectivity index (χ1) is 8.28. The average molecular weight is 246 g/mol. The normalized spacial score (nSPS) is 10.7.